The Balaban J connectivity index is 2.18. The number of amides is 1. The van der Waals surface area contributed by atoms with Gasteiger partial charge in [-0.1, -0.05) is 18.2 Å². The van der Waals surface area contributed by atoms with Crippen molar-refractivity contribution in [2.24, 2.45) is 5.92 Å². The van der Waals surface area contributed by atoms with Gasteiger partial charge in [0.25, 0.3) is 0 Å². The molecule has 0 heterocycles. The zero-order chi connectivity index (χ0) is 16.3. The minimum Gasteiger partial charge on any atom is -0.481 e. The van der Waals surface area contributed by atoms with Gasteiger partial charge in [-0.2, -0.15) is 0 Å². The van der Waals surface area contributed by atoms with E-state index in [-0.39, 0.29) is 12.3 Å². The van der Waals surface area contributed by atoms with E-state index >= 15 is 0 Å². The molecule has 1 aliphatic rings. The number of hydrogen-bond acceptors (Lipinski definition) is 3. The molecule has 1 aromatic carbocycles. The van der Waals surface area contributed by atoms with E-state index in [1.807, 2.05) is 18.2 Å². The maximum Gasteiger partial charge on any atom is 0.412 e. The van der Waals surface area contributed by atoms with Crippen LogP contribution in [0.4, 0.5) is 10.5 Å². The van der Waals surface area contributed by atoms with Crippen molar-refractivity contribution in [3.63, 3.8) is 0 Å². The number of rotatable bonds is 5. The van der Waals surface area contributed by atoms with Gasteiger partial charge in [-0.3, -0.25) is 10.1 Å². The maximum absolute atomic E-state index is 12.0. The smallest absolute Gasteiger partial charge is 0.412 e. The molecule has 1 aliphatic carbocycles. The molecule has 0 aliphatic heterocycles. The standard InChI is InChI=1S/C17H23NO4/c1-17(2,3)22-16(21)18-14-7-5-4-6-12(14)13(10-15(19)20)11-8-9-11/h4-7,11,13H,8-10H2,1-3H3,(H,18,21)(H,19,20). The van der Waals surface area contributed by atoms with Gasteiger partial charge in [0.15, 0.2) is 0 Å². The number of ether oxygens (including phenoxy) is 1. The molecule has 2 rings (SSSR count). The highest BCUT2D eigenvalue weighted by molar-refractivity contribution is 5.86. The van der Waals surface area contributed by atoms with Crippen LogP contribution in [0, 0.1) is 5.92 Å². The molecule has 1 amide bonds. The number of carboxylic acid groups (broad SMARTS) is 1. The van der Waals surface area contributed by atoms with Crippen molar-refractivity contribution in [1.29, 1.82) is 0 Å². The molecule has 0 aromatic heterocycles. The molecule has 5 nitrogen and oxygen atoms in total. The Kier molecular flexibility index (Phi) is 4.74. The van der Waals surface area contributed by atoms with Gasteiger partial charge >= 0.3 is 12.1 Å². The Hall–Kier alpha value is -2.04. The first-order valence-electron chi connectivity index (χ1n) is 7.57. The summed E-state index contributed by atoms with van der Waals surface area (Å²) in [4.78, 5) is 23.1. The Labute approximate surface area is 130 Å². The number of para-hydroxylation sites is 1. The van der Waals surface area contributed by atoms with Gasteiger partial charge in [0.05, 0.1) is 6.42 Å². The lowest BCUT2D eigenvalue weighted by Gasteiger charge is -2.22. The highest BCUT2D eigenvalue weighted by atomic mass is 16.6. The molecule has 0 radical (unpaired) electrons. The lowest BCUT2D eigenvalue weighted by Crippen LogP contribution is -2.27. The van der Waals surface area contributed by atoms with Crippen LogP contribution in [-0.2, 0) is 9.53 Å². The first-order valence-corrected chi connectivity index (χ1v) is 7.57. The number of carbonyl (C=O) groups is 2. The molecular formula is C17H23NO4. The van der Waals surface area contributed by atoms with Gasteiger partial charge < -0.3 is 9.84 Å². The Bertz CT molecular complexity index is 558. The molecule has 1 fully saturated rings. The SMILES string of the molecule is CC(C)(C)OC(=O)Nc1ccccc1C(CC(=O)O)C1CC1. The fourth-order valence-corrected chi connectivity index (χ4v) is 2.57. The van der Waals surface area contributed by atoms with Crippen LogP contribution in [0.1, 0.15) is 51.5 Å². The molecule has 1 saturated carbocycles. The number of aliphatic carboxylic acids is 1. The second-order valence-electron chi connectivity index (χ2n) is 6.76. The minimum absolute atomic E-state index is 0.0661. The normalized spacial score (nSPS) is 16.0. The summed E-state index contributed by atoms with van der Waals surface area (Å²) in [5.41, 5.74) is 0.934. The molecule has 2 N–H and O–H groups in total. The summed E-state index contributed by atoms with van der Waals surface area (Å²) in [5, 5.41) is 11.9. The quantitative estimate of drug-likeness (QED) is 0.862. The topological polar surface area (TPSA) is 75.6 Å². The summed E-state index contributed by atoms with van der Waals surface area (Å²) in [6, 6.07) is 7.36. The van der Waals surface area contributed by atoms with Gasteiger partial charge in [0, 0.05) is 5.69 Å². The Morgan fingerprint density at radius 2 is 1.95 bits per heavy atom. The second-order valence-corrected chi connectivity index (χ2v) is 6.76. The molecule has 0 bridgehead atoms. The molecule has 1 aromatic rings. The molecule has 1 unspecified atom stereocenters. The highest BCUT2D eigenvalue weighted by Gasteiger charge is 2.35. The number of hydrogen-bond donors (Lipinski definition) is 2. The van der Waals surface area contributed by atoms with E-state index in [9.17, 15) is 9.59 Å². The van der Waals surface area contributed by atoms with E-state index in [4.69, 9.17) is 9.84 Å². The Morgan fingerprint density at radius 1 is 1.32 bits per heavy atom. The van der Waals surface area contributed by atoms with E-state index in [0.717, 1.165) is 18.4 Å². The van der Waals surface area contributed by atoms with E-state index in [1.165, 1.54) is 0 Å². The van der Waals surface area contributed by atoms with Crippen molar-refractivity contribution in [1.82, 2.24) is 0 Å². The van der Waals surface area contributed by atoms with Crippen LogP contribution in [0.2, 0.25) is 0 Å². The highest BCUT2D eigenvalue weighted by Crippen LogP contribution is 2.46. The summed E-state index contributed by atoms with van der Waals surface area (Å²) in [6.45, 7) is 5.40. The van der Waals surface area contributed by atoms with Crippen LogP contribution in [0.3, 0.4) is 0 Å². The van der Waals surface area contributed by atoms with Gasteiger partial charge in [-0.15, -0.1) is 0 Å². The summed E-state index contributed by atoms with van der Waals surface area (Å²) in [6.07, 6.45) is 1.64. The maximum atomic E-state index is 12.0. The molecule has 0 spiro atoms. The van der Waals surface area contributed by atoms with Gasteiger partial charge in [-0.25, -0.2) is 4.79 Å². The summed E-state index contributed by atoms with van der Waals surface area (Å²) in [5.74, 6) is -0.495. The van der Waals surface area contributed by atoms with E-state index < -0.39 is 17.7 Å². The summed E-state index contributed by atoms with van der Waals surface area (Å²) >= 11 is 0. The number of carbonyl (C=O) groups excluding carboxylic acids is 1. The number of nitrogens with one attached hydrogen (secondary N) is 1. The minimum atomic E-state index is -0.816. The van der Waals surface area contributed by atoms with Crippen LogP contribution < -0.4 is 5.32 Å². The van der Waals surface area contributed by atoms with Crippen LogP contribution in [0.25, 0.3) is 0 Å². The van der Waals surface area contributed by atoms with Crippen molar-refractivity contribution in [3.05, 3.63) is 29.8 Å². The van der Waals surface area contributed by atoms with Gasteiger partial charge in [-0.05, 0) is 57.1 Å². The molecule has 120 valence electrons. The third kappa shape index (κ3) is 4.76. The zero-order valence-electron chi connectivity index (χ0n) is 13.3. The van der Waals surface area contributed by atoms with Crippen LogP contribution in [0.15, 0.2) is 24.3 Å². The lowest BCUT2D eigenvalue weighted by atomic mass is 9.90. The summed E-state index contributed by atoms with van der Waals surface area (Å²) < 4.78 is 5.27. The number of benzene rings is 1. The van der Waals surface area contributed by atoms with Crippen molar-refractivity contribution in [3.8, 4) is 0 Å². The molecular weight excluding hydrogens is 282 g/mol. The van der Waals surface area contributed by atoms with Crippen LogP contribution >= 0.6 is 0 Å². The van der Waals surface area contributed by atoms with Gasteiger partial charge in [0.1, 0.15) is 5.60 Å². The predicted molar refractivity (Wildman–Crippen MR) is 84.0 cm³/mol. The Morgan fingerprint density at radius 3 is 2.50 bits per heavy atom. The van der Waals surface area contributed by atoms with Crippen molar-refractivity contribution >= 4 is 17.7 Å². The zero-order valence-corrected chi connectivity index (χ0v) is 13.3. The van der Waals surface area contributed by atoms with E-state index in [2.05, 4.69) is 5.32 Å². The van der Waals surface area contributed by atoms with Crippen LogP contribution in [-0.4, -0.2) is 22.8 Å². The van der Waals surface area contributed by atoms with E-state index in [1.54, 1.807) is 26.8 Å². The van der Waals surface area contributed by atoms with Crippen molar-refractivity contribution in [2.45, 2.75) is 51.6 Å². The monoisotopic (exact) mass is 305 g/mol. The average Bonchev–Trinajstić information content (AvgIpc) is 3.18. The molecule has 1 atom stereocenters. The number of carboxylic acids is 1. The van der Waals surface area contributed by atoms with Crippen molar-refractivity contribution < 1.29 is 19.4 Å². The fourth-order valence-electron chi connectivity index (χ4n) is 2.57. The molecule has 5 heteroatoms. The van der Waals surface area contributed by atoms with E-state index in [0.29, 0.717) is 11.6 Å². The third-order valence-electron chi connectivity index (χ3n) is 3.58. The predicted octanol–water partition coefficient (Wildman–Crippen LogP) is 4.00. The number of anilines is 1. The van der Waals surface area contributed by atoms with Crippen molar-refractivity contribution in [2.75, 3.05) is 5.32 Å². The fraction of sp³-hybridized carbons (Fsp3) is 0.529. The lowest BCUT2D eigenvalue weighted by molar-refractivity contribution is -0.137. The second kappa shape index (κ2) is 6.38. The first-order chi connectivity index (χ1) is 10.3. The molecule has 0 saturated heterocycles. The first kappa shape index (κ1) is 16.3. The third-order valence-corrected chi connectivity index (χ3v) is 3.58. The largest absolute Gasteiger partial charge is 0.481 e. The van der Waals surface area contributed by atoms with Gasteiger partial charge in [0.2, 0.25) is 0 Å². The molecule has 22 heavy (non-hydrogen) atoms. The average molecular weight is 305 g/mol. The summed E-state index contributed by atoms with van der Waals surface area (Å²) in [7, 11) is 0. The van der Waals surface area contributed by atoms with Crippen LogP contribution in [0.5, 0.6) is 0 Å².